The van der Waals surface area contributed by atoms with Crippen LogP contribution in [0.25, 0.3) is 10.9 Å². The van der Waals surface area contributed by atoms with Gasteiger partial charge >= 0.3 is 5.97 Å². The lowest BCUT2D eigenvalue weighted by Crippen LogP contribution is -2.39. The maximum absolute atomic E-state index is 11.9. The number of aromatic carboxylic acids is 1. The molecule has 0 saturated carbocycles. The third-order valence-corrected chi connectivity index (χ3v) is 3.59. The Morgan fingerprint density at radius 1 is 1.29 bits per heavy atom. The van der Waals surface area contributed by atoms with Crippen LogP contribution in [-0.2, 0) is 9.59 Å². The second-order valence-corrected chi connectivity index (χ2v) is 4.98. The fourth-order valence-corrected chi connectivity index (χ4v) is 2.48. The van der Waals surface area contributed by atoms with E-state index in [1.54, 1.807) is 18.3 Å². The first-order valence-electron chi connectivity index (χ1n) is 6.51. The number of hydrogen-bond acceptors (Lipinski definition) is 4. The van der Waals surface area contributed by atoms with Crippen molar-refractivity contribution in [1.82, 2.24) is 10.3 Å². The van der Waals surface area contributed by atoms with E-state index in [2.05, 4.69) is 10.3 Å². The molecule has 1 aromatic heterocycles. The summed E-state index contributed by atoms with van der Waals surface area (Å²) >= 11 is 0. The summed E-state index contributed by atoms with van der Waals surface area (Å²) in [6.45, 7) is 0. The Labute approximate surface area is 119 Å². The minimum absolute atomic E-state index is 0.171. The molecular weight excluding hydrogens is 272 g/mol. The molecule has 2 heterocycles. The molecule has 1 fully saturated rings. The molecule has 0 spiro atoms. The lowest BCUT2D eigenvalue weighted by atomic mass is 9.91. The molecule has 1 aromatic carbocycles. The number of hydrogen-bond donors (Lipinski definition) is 2. The zero-order valence-corrected chi connectivity index (χ0v) is 11.0. The van der Waals surface area contributed by atoms with Gasteiger partial charge in [-0.05, 0) is 36.2 Å². The summed E-state index contributed by atoms with van der Waals surface area (Å²) in [7, 11) is 0. The summed E-state index contributed by atoms with van der Waals surface area (Å²) in [5.41, 5.74) is 1.52. The largest absolute Gasteiger partial charge is 0.478 e. The standard InChI is InChI=1S/C15H12N2O4/c18-13-4-2-11(14(19)17-13)10-6-9-5-8(15(20)21)1-3-12(9)16-7-10/h1,3,5-7,11H,2,4H2,(H,20,21)(H,17,18,19). The molecule has 6 heteroatoms. The average molecular weight is 284 g/mol. The van der Waals surface area contributed by atoms with E-state index in [-0.39, 0.29) is 17.4 Å². The number of nitrogens with one attached hydrogen (secondary N) is 1. The Balaban J connectivity index is 2.01. The number of carboxylic acids is 1. The molecule has 0 bridgehead atoms. The number of fused-ring (bicyclic) bond motifs is 1. The van der Waals surface area contributed by atoms with Gasteiger partial charge in [0, 0.05) is 18.0 Å². The molecule has 1 unspecified atom stereocenters. The quantitative estimate of drug-likeness (QED) is 0.814. The Morgan fingerprint density at radius 2 is 2.10 bits per heavy atom. The van der Waals surface area contributed by atoms with Crippen molar-refractivity contribution in [3.8, 4) is 0 Å². The zero-order chi connectivity index (χ0) is 15.0. The van der Waals surface area contributed by atoms with Gasteiger partial charge in [-0.1, -0.05) is 0 Å². The van der Waals surface area contributed by atoms with Crippen LogP contribution in [-0.4, -0.2) is 27.9 Å². The maximum atomic E-state index is 11.9. The molecular formula is C15H12N2O4. The lowest BCUT2D eigenvalue weighted by Gasteiger charge is -2.21. The van der Waals surface area contributed by atoms with E-state index in [1.807, 2.05) is 0 Å². The maximum Gasteiger partial charge on any atom is 0.335 e. The number of carboxylic acid groups (broad SMARTS) is 1. The van der Waals surface area contributed by atoms with Crippen LogP contribution < -0.4 is 5.32 Å². The van der Waals surface area contributed by atoms with E-state index >= 15 is 0 Å². The van der Waals surface area contributed by atoms with Crippen LogP contribution in [0, 0.1) is 0 Å². The highest BCUT2D eigenvalue weighted by molar-refractivity contribution is 6.01. The highest BCUT2D eigenvalue weighted by Crippen LogP contribution is 2.26. The Bertz CT molecular complexity index is 769. The minimum atomic E-state index is -1.01. The van der Waals surface area contributed by atoms with Crippen LogP contribution in [0.5, 0.6) is 0 Å². The fourth-order valence-electron chi connectivity index (χ4n) is 2.48. The Morgan fingerprint density at radius 3 is 2.81 bits per heavy atom. The number of pyridine rings is 1. The summed E-state index contributed by atoms with van der Waals surface area (Å²) in [6, 6.07) is 6.41. The van der Waals surface area contributed by atoms with Gasteiger partial charge in [0.25, 0.3) is 0 Å². The molecule has 0 aliphatic carbocycles. The number of piperidine rings is 1. The monoisotopic (exact) mass is 284 g/mol. The minimum Gasteiger partial charge on any atom is -0.478 e. The first kappa shape index (κ1) is 13.2. The molecule has 106 valence electrons. The number of amides is 2. The molecule has 6 nitrogen and oxygen atoms in total. The third kappa shape index (κ3) is 2.47. The second kappa shape index (κ2) is 4.97. The molecule has 21 heavy (non-hydrogen) atoms. The van der Waals surface area contributed by atoms with E-state index in [0.717, 1.165) is 0 Å². The fraction of sp³-hybridized carbons (Fsp3) is 0.200. The molecule has 2 amide bonds. The molecule has 2 aromatic rings. The molecule has 3 rings (SSSR count). The van der Waals surface area contributed by atoms with Crippen LogP contribution in [0.15, 0.2) is 30.5 Å². The van der Waals surface area contributed by atoms with Crippen molar-refractivity contribution in [3.05, 3.63) is 41.6 Å². The van der Waals surface area contributed by atoms with Gasteiger partial charge in [-0.25, -0.2) is 4.79 Å². The molecule has 1 atom stereocenters. The number of imide groups is 1. The van der Waals surface area contributed by atoms with Crippen molar-refractivity contribution < 1.29 is 19.5 Å². The molecule has 1 aliphatic heterocycles. The van der Waals surface area contributed by atoms with Crippen LogP contribution in [0.4, 0.5) is 0 Å². The van der Waals surface area contributed by atoms with Gasteiger partial charge in [-0.3, -0.25) is 19.9 Å². The number of carbonyl (C=O) groups is 3. The SMILES string of the molecule is O=C1CCC(c2cnc3ccc(C(=O)O)cc3c2)C(=O)N1. The predicted molar refractivity (Wildman–Crippen MR) is 73.8 cm³/mol. The van der Waals surface area contributed by atoms with Crippen molar-refractivity contribution in [1.29, 1.82) is 0 Å². The number of aromatic nitrogens is 1. The third-order valence-electron chi connectivity index (χ3n) is 3.59. The molecule has 2 N–H and O–H groups in total. The molecule has 0 radical (unpaired) electrons. The zero-order valence-electron chi connectivity index (χ0n) is 11.0. The topological polar surface area (TPSA) is 96.4 Å². The summed E-state index contributed by atoms with van der Waals surface area (Å²) < 4.78 is 0. The lowest BCUT2D eigenvalue weighted by molar-refractivity contribution is -0.134. The first-order valence-corrected chi connectivity index (χ1v) is 6.51. The van der Waals surface area contributed by atoms with E-state index in [1.165, 1.54) is 12.1 Å². The smallest absolute Gasteiger partial charge is 0.335 e. The average Bonchev–Trinajstić information content (AvgIpc) is 2.46. The van der Waals surface area contributed by atoms with Gasteiger partial charge in [0.1, 0.15) is 0 Å². The highest BCUT2D eigenvalue weighted by atomic mass is 16.4. The van der Waals surface area contributed by atoms with Gasteiger partial charge in [0.2, 0.25) is 11.8 Å². The van der Waals surface area contributed by atoms with Gasteiger partial charge < -0.3 is 5.11 Å². The van der Waals surface area contributed by atoms with Gasteiger partial charge in [-0.15, -0.1) is 0 Å². The highest BCUT2D eigenvalue weighted by Gasteiger charge is 2.28. The summed E-state index contributed by atoms with van der Waals surface area (Å²) in [4.78, 5) is 38.3. The van der Waals surface area contributed by atoms with E-state index < -0.39 is 11.9 Å². The van der Waals surface area contributed by atoms with E-state index in [9.17, 15) is 14.4 Å². The summed E-state index contributed by atoms with van der Waals surface area (Å²) in [5, 5.41) is 12.0. The van der Waals surface area contributed by atoms with Crippen molar-refractivity contribution in [2.75, 3.05) is 0 Å². The van der Waals surface area contributed by atoms with E-state index in [0.29, 0.717) is 29.3 Å². The van der Waals surface area contributed by atoms with Crippen molar-refractivity contribution in [2.45, 2.75) is 18.8 Å². The van der Waals surface area contributed by atoms with Crippen molar-refractivity contribution in [2.24, 2.45) is 0 Å². The van der Waals surface area contributed by atoms with Gasteiger partial charge in [0.05, 0.1) is 17.0 Å². The molecule has 1 aliphatic rings. The number of carbonyl (C=O) groups excluding carboxylic acids is 2. The van der Waals surface area contributed by atoms with Crippen LogP contribution in [0.1, 0.15) is 34.7 Å². The molecule has 1 saturated heterocycles. The number of nitrogens with zero attached hydrogens (tertiary/aromatic N) is 1. The Kier molecular flexibility index (Phi) is 3.13. The van der Waals surface area contributed by atoms with Crippen LogP contribution >= 0.6 is 0 Å². The normalized spacial score (nSPS) is 18.6. The summed E-state index contributed by atoms with van der Waals surface area (Å²) in [5.74, 6) is -2.03. The first-order chi connectivity index (χ1) is 10.0. The number of rotatable bonds is 2. The van der Waals surface area contributed by atoms with Gasteiger partial charge in [-0.2, -0.15) is 0 Å². The second-order valence-electron chi connectivity index (χ2n) is 4.98. The van der Waals surface area contributed by atoms with Crippen LogP contribution in [0.2, 0.25) is 0 Å². The van der Waals surface area contributed by atoms with Crippen molar-refractivity contribution >= 4 is 28.7 Å². The van der Waals surface area contributed by atoms with E-state index in [4.69, 9.17) is 5.11 Å². The van der Waals surface area contributed by atoms with Crippen LogP contribution in [0.3, 0.4) is 0 Å². The number of benzene rings is 1. The van der Waals surface area contributed by atoms with Gasteiger partial charge in [0.15, 0.2) is 0 Å². The Hall–Kier alpha value is -2.76. The predicted octanol–water partition coefficient (Wildman–Crippen LogP) is 1.45. The van der Waals surface area contributed by atoms with Crippen molar-refractivity contribution in [3.63, 3.8) is 0 Å². The summed E-state index contributed by atoms with van der Waals surface area (Å²) in [6.07, 6.45) is 2.34.